The SMILES string of the molecule is O=C(O)c1ccccc1C(=O)Nc1ccc(Br)cc1Br. The Morgan fingerprint density at radius 3 is 2.25 bits per heavy atom. The Bertz CT molecular complexity index is 686. The molecule has 0 aliphatic carbocycles. The van der Waals surface area contributed by atoms with E-state index in [0.29, 0.717) is 10.2 Å². The number of carboxylic acid groups (broad SMARTS) is 1. The first-order valence-electron chi connectivity index (χ1n) is 5.58. The second-order valence-electron chi connectivity index (χ2n) is 3.93. The van der Waals surface area contributed by atoms with Crippen molar-refractivity contribution in [1.29, 1.82) is 0 Å². The first-order chi connectivity index (χ1) is 9.49. The molecule has 2 N–H and O–H groups in total. The lowest BCUT2D eigenvalue weighted by Crippen LogP contribution is -2.16. The Kier molecular flexibility index (Phi) is 4.57. The minimum atomic E-state index is -1.13. The van der Waals surface area contributed by atoms with Crippen LogP contribution in [0.15, 0.2) is 51.4 Å². The minimum absolute atomic E-state index is 0.0294. The normalized spacial score (nSPS) is 10.1. The van der Waals surface area contributed by atoms with E-state index < -0.39 is 11.9 Å². The molecule has 102 valence electrons. The molecule has 4 nitrogen and oxygen atoms in total. The van der Waals surface area contributed by atoms with Crippen LogP contribution in [-0.4, -0.2) is 17.0 Å². The monoisotopic (exact) mass is 397 g/mol. The Labute approximate surface area is 132 Å². The summed E-state index contributed by atoms with van der Waals surface area (Å²) in [5.41, 5.74) is 0.659. The van der Waals surface area contributed by atoms with Crippen molar-refractivity contribution in [2.24, 2.45) is 0 Å². The molecule has 0 heterocycles. The smallest absolute Gasteiger partial charge is 0.336 e. The van der Waals surface area contributed by atoms with Gasteiger partial charge in [0.15, 0.2) is 0 Å². The fourth-order valence-corrected chi connectivity index (χ4v) is 2.79. The number of halogens is 2. The van der Waals surface area contributed by atoms with Crippen molar-refractivity contribution in [2.75, 3.05) is 5.32 Å². The number of carbonyl (C=O) groups is 2. The van der Waals surface area contributed by atoms with E-state index in [4.69, 9.17) is 5.11 Å². The zero-order valence-electron chi connectivity index (χ0n) is 10.1. The van der Waals surface area contributed by atoms with Crippen LogP contribution in [0.3, 0.4) is 0 Å². The third kappa shape index (κ3) is 3.26. The molecule has 0 saturated heterocycles. The summed E-state index contributed by atoms with van der Waals surface area (Å²) in [6.45, 7) is 0. The maximum absolute atomic E-state index is 12.2. The molecule has 0 saturated carbocycles. The van der Waals surface area contributed by atoms with Gasteiger partial charge >= 0.3 is 5.97 Å². The van der Waals surface area contributed by atoms with Crippen LogP contribution in [0.4, 0.5) is 5.69 Å². The van der Waals surface area contributed by atoms with Gasteiger partial charge in [0.05, 0.1) is 16.8 Å². The lowest BCUT2D eigenvalue weighted by molar-refractivity contribution is 0.0692. The second kappa shape index (κ2) is 6.19. The van der Waals surface area contributed by atoms with Gasteiger partial charge < -0.3 is 10.4 Å². The summed E-state index contributed by atoms with van der Waals surface area (Å²) in [5, 5.41) is 11.8. The van der Waals surface area contributed by atoms with Gasteiger partial charge in [0.25, 0.3) is 5.91 Å². The maximum atomic E-state index is 12.2. The Morgan fingerprint density at radius 1 is 1.00 bits per heavy atom. The van der Waals surface area contributed by atoms with Crippen molar-refractivity contribution in [1.82, 2.24) is 0 Å². The van der Waals surface area contributed by atoms with E-state index in [1.165, 1.54) is 12.1 Å². The maximum Gasteiger partial charge on any atom is 0.336 e. The van der Waals surface area contributed by atoms with Crippen molar-refractivity contribution in [3.63, 3.8) is 0 Å². The van der Waals surface area contributed by atoms with Gasteiger partial charge in [0.2, 0.25) is 0 Å². The first-order valence-corrected chi connectivity index (χ1v) is 7.16. The molecule has 0 fully saturated rings. The number of hydrogen-bond acceptors (Lipinski definition) is 2. The molecule has 6 heteroatoms. The summed E-state index contributed by atoms with van der Waals surface area (Å²) >= 11 is 6.65. The highest BCUT2D eigenvalue weighted by atomic mass is 79.9. The summed E-state index contributed by atoms with van der Waals surface area (Å²) in [4.78, 5) is 23.3. The molecular formula is C14H9Br2NO3. The molecule has 0 aliphatic rings. The number of carbonyl (C=O) groups excluding carboxylic acids is 1. The second-order valence-corrected chi connectivity index (χ2v) is 5.70. The highest BCUT2D eigenvalue weighted by Gasteiger charge is 2.16. The van der Waals surface area contributed by atoms with Crippen molar-refractivity contribution in [3.05, 3.63) is 62.5 Å². The average Bonchev–Trinajstić information content (AvgIpc) is 2.41. The topological polar surface area (TPSA) is 66.4 Å². The zero-order chi connectivity index (χ0) is 14.7. The van der Waals surface area contributed by atoms with Gasteiger partial charge in [0, 0.05) is 8.95 Å². The summed E-state index contributed by atoms with van der Waals surface area (Å²) in [6.07, 6.45) is 0. The lowest BCUT2D eigenvalue weighted by atomic mass is 10.1. The molecular weight excluding hydrogens is 390 g/mol. The number of rotatable bonds is 3. The highest BCUT2D eigenvalue weighted by Crippen LogP contribution is 2.26. The summed E-state index contributed by atoms with van der Waals surface area (Å²) in [6, 6.07) is 11.4. The fraction of sp³-hybridized carbons (Fsp3) is 0. The van der Waals surface area contributed by atoms with E-state index in [2.05, 4.69) is 37.2 Å². The molecule has 2 rings (SSSR count). The molecule has 0 aliphatic heterocycles. The van der Waals surface area contributed by atoms with Gasteiger partial charge in [0.1, 0.15) is 0 Å². The van der Waals surface area contributed by atoms with E-state index in [0.717, 1.165) is 4.47 Å². The van der Waals surface area contributed by atoms with E-state index in [9.17, 15) is 9.59 Å². The van der Waals surface area contributed by atoms with Crippen LogP contribution in [0.5, 0.6) is 0 Å². The quantitative estimate of drug-likeness (QED) is 0.815. The number of amides is 1. The number of benzene rings is 2. The van der Waals surface area contributed by atoms with Crippen LogP contribution in [0, 0.1) is 0 Å². The summed E-state index contributed by atoms with van der Waals surface area (Å²) in [5.74, 6) is -1.60. The molecule has 0 radical (unpaired) electrons. The van der Waals surface area contributed by atoms with Gasteiger partial charge in [-0.2, -0.15) is 0 Å². The fourth-order valence-electron chi connectivity index (χ4n) is 1.65. The molecule has 20 heavy (non-hydrogen) atoms. The molecule has 0 unspecified atom stereocenters. The lowest BCUT2D eigenvalue weighted by Gasteiger charge is -2.09. The Morgan fingerprint density at radius 2 is 1.65 bits per heavy atom. The minimum Gasteiger partial charge on any atom is -0.478 e. The largest absolute Gasteiger partial charge is 0.478 e. The van der Waals surface area contributed by atoms with Crippen LogP contribution in [0.25, 0.3) is 0 Å². The van der Waals surface area contributed by atoms with Crippen LogP contribution < -0.4 is 5.32 Å². The third-order valence-corrected chi connectivity index (χ3v) is 3.73. The highest BCUT2D eigenvalue weighted by molar-refractivity contribution is 9.11. The number of nitrogens with one attached hydrogen (secondary N) is 1. The van der Waals surface area contributed by atoms with Gasteiger partial charge in [-0.1, -0.05) is 28.1 Å². The standard InChI is InChI=1S/C14H9Br2NO3/c15-8-5-6-12(11(16)7-8)17-13(18)9-3-1-2-4-10(9)14(19)20/h1-7H,(H,17,18)(H,19,20). The van der Waals surface area contributed by atoms with E-state index in [-0.39, 0.29) is 11.1 Å². The van der Waals surface area contributed by atoms with E-state index in [1.807, 2.05) is 0 Å². The van der Waals surface area contributed by atoms with Gasteiger partial charge in [-0.3, -0.25) is 4.79 Å². The van der Waals surface area contributed by atoms with Crippen molar-refractivity contribution >= 4 is 49.4 Å². The third-order valence-electron chi connectivity index (χ3n) is 2.58. The predicted octanol–water partition coefficient (Wildman–Crippen LogP) is 4.16. The van der Waals surface area contributed by atoms with Crippen LogP contribution >= 0.6 is 31.9 Å². The zero-order valence-corrected chi connectivity index (χ0v) is 13.2. The molecule has 0 bridgehead atoms. The number of anilines is 1. The molecule has 2 aromatic rings. The van der Waals surface area contributed by atoms with Crippen molar-refractivity contribution in [2.45, 2.75) is 0 Å². The van der Waals surface area contributed by atoms with Crippen LogP contribution in [0.1, 0.15) is 20.7 Å². The molecule has 0 aromatic heterocycles. The Balaban J connectivity index is 2.31. The molecule has 1 amide bonds. The van der Waals surface area contributed by atoms with E-state index >= 15 is 0 Å². The number of hydrogen-bond donors (Lipinski definition) is 2. The summed E-state index contributed by atoms with van der Waals surface area (Å²) < 4.78 is 1.57. The van der Waals surface area contributed by atoms with Crippen LogP contribution in [0.2, 0.25) is 0 Å². The Hall–Kier alpha value is -1.66. The number of aromatic carboxylic acids is 1. The number of carboxylic acids is 1. The van der Waals surface area contributed by atoms with Gasteiger partial charge in [-0.25, -0.2) is 4.79 Å². The van der Waals surface area contributed by atoms with Gasteiger partial charge in [-0.15, -0.1) is 0 Å². The molecule has 2 aromatic carbocycles. The molecule has 0 spiro atoms. The van der Waals surface area contributed by atoms with Gasteiger partial charge in [-0.05, 0) is 46.3 Å². The van der Waals surface area contributed by atoms with Crippen molar-refractivity contribution < 1.29 is 14.7 Å². The first kappa shape index (κ1) is 14.7. The average molecular weight is 399 g/mol. The predicted molar refractivity (Wildman–Crippen MR) is 83.2 cm³/mol. The van der Waals surface area contributed by atoms with Crippen LogP contribution in [-0.2, 0) is 0 Å². The van der Waals surface area contributed by atoms with E-state index in [1.54, 1.807) is 30.3 Å². The molecule has 0 atom stereocenters. The van der Waals surface area contributed by atoms with Crippen molar-refractivity contribution in [3.8, 4) is 0 Å². The summed E-state index contributed by atoms with van der Waals surface area (Å²) in [7, 11) is 0.